The van der Waals surface area contributed by atoms with Gasteiger partial charge in [-0.2, -0.15) is 0 Å². The van der Waals surface area contributed by atoms with E-state index in [1.165, 1.54) is 19.1 Å². The molecule has 0 bridgehead atoms. The van der Waals surface area contributed by atoms with Crippen LogP contribution in [0.5, 0.6) is 0 Å². The molecule has 1 heterocycles. The average Bonchev–Trinajstić information content (AvgIpc) is 2.31. The Balaban J connectivity index is 2.75. The Morgan fingerprint density at radius 2 is 2.10 bits per heavy atom. The maximum atomic E-state index is 11.4. The van der Waals surface area contributed by atoms with Gasteiger partial charge in [-0.3, -0.25) is 4.99 Å². The summed E-state index contributed by atoms with van der Waals surface area (Å²) in [5.74, 6) is 1.55. The summed E-state index contributed by atoms with van der Waals surface area (Å²) >= 11 is 0. The summed E-state index contributed by atoms with van der Waals surface area (Å²) in [7, 11) is -3.23. The second-order valence-corrected chi connectivity index (χ2v) is 8.37. The summed E-state index contributed by atoms with van der Waals surface area (Å²) in [5.41, 5.74) is -0.588. The second-order valence-electron chi connectivity index (χ2n) is 6.62. The lowest BCUT2D eigenvalue weighted by atomic mass is 10.0. The molecule has 0 aromatic heterocycles. The molecule has 0 saturated carbocycles. The van der Waals surface area contributed by atoms with E-state index in [4.69, 9.17) is 0 Å². The summed E-state index contributed by atoms with van der Waals surface area (Å²) in [5, 5.41) is 3.31. The molecule has 0 radical (unpaired) electrons. The summed E-state index contributed by atoms with van der Waals surface area (Å²) in [6.45, 7) is 11.2. The Morgan fingerprint density at radius 1 is 1.43 bits per heavy atom. The molecule has 21 heavy (non-hydrogen) atoms. The Hall–Kier alpha value is -0.820. The van der Waals surface area contributed by atoms with Gasteiger partial charge in [-0.25, -0.2) is 13.1 Å². The lowest BCUT2D eigenvalue weighted by Gasteiger charge is -2.34. The van der Waals surface area contributed by atoms with Gasteiger partial charge in [0, 0.05) is 25.2 Å². The maximum Gasteiger partial charge on any atom is 0.209 e. The first-order valence-electron chi connectivity index (χ1n) is 7.65. The lowest BCUT2D eigenvalue weighted by Crippen LogP contribution is -2.49. The highest BCUT2D eigenvalue weighted by Gasteiger charge is 2.24. The third kappa shape index (κ3) is 7.13. The molecule has 1 aliphatic heterocycles. The van der Waals surface area contributed by atoms with Gasteiger partial charge in [0.15, 0.2) is 5.96 Å². The number of aliphatic imine (C=N–C) groups is 1. The minimum atomic E-state index is -3.23. The van der Waals surface area contributed by atoms with E-state index in [1.54, 1.807) is 0 Å². The molecule has 0 aromatic rings. The van der Waals surface area contributed by atoms with Crippen molar-refractivity contribution in [2.24, 2.45) is 10.9 Å². The van der Waals surface area contributed by atoms with Crippen LogP contribution in [-0.2, 0) is 10.0 Å². The van der Waals surface area contributed by atoms with Gasteiger partial charge in [-0.15, -0.1) is 0 Å². The third-order valence-corrected chi connectivity index (χ3v) is 4.30. The number of guanidine groups is 1. The number of nitrogens with one attached hydrogen (secondary N) is 2. The van der Waals surface area contributed by atoms with Gasteiger partial charge in [-0.1, -0.05) is 6.92 Å². The highest BCUT2D eigenvalue weighted by molar-refractivity contribution is 7.88. The number of likely N-dealkylation sites (tertiary alicyclic amines) is 1. The van der Waals surface area contributed by atoms with Gasteiger partial charge >= 0.3 is 0 Å². The minimum absolute atomic E-state index is 0.410. The van der Waals surface area contributed by atoms with Crippen LogP contribution < -0.4 is 10.0 Å². The lowest BCUT2D eigenvalue weighted by molar-refractivity contribution is 0.265. The van der Waals surface area contributed by atoms with E-state index in [0.29, 0.717) is 12.5 Å². The predicted octanol–water partition coefficient (Wildman–Crippen LogP) is 1.01. The van der Waals surface area contributed by atoms with Crippen LogP contribution in [0.1, 0.15) is 40.5 Å². The zero-order chi connectivity index (χ0) is 16.1. The van der Waals surface area contributed by atoms with Crippen LogP contribution in [0.25, 0.3) is 0 Å². The molecule has 1 fully saturated rings. The number of nitrogens with zero attached hydrogens (tertiary/aromatic N) is 2. The van der Waals surface area contributed by atoms with Crippen LogP contribution in [0.2, 0.25) is 0 Å². The van der Waals surface area contributed by atoms with Gasteiger partial charge in [-0.05, 0) is 39.5 Å². The van der Waals surface area contributed by atoms with E-state index in [2.05, 4.69) is 26.9 Å². The largest absolute Gasteiger partial charge is 0.357 e. The van der Waals surface area contributed by atoms with E-state index in [9.17, 15) is 8.42 Å². The van der Waals surface area contributed by atoms with Gasteiger partial charge in [0.25, 0.3) is 0 Å². The molecular weight excluding hydrogens is 288 g/mol. The molecule has 124 valence electrons. The van der Waals surface area contributed by atoms with Crippen molar-refractivity contribution in [2.45, 2.75) is 46.1 Å². The fourth-order valence-corrected chi connectivity index (χ4v) is 3.68. The first-order chi connectivity index (χ1) is 9.63. The van der Waals surface area contributed by atoms with Crippen LogP contribution in [0, 0.1) is 5.92 Å². The quantitative estimate of drug-likeness (QED) is 0.586. The fourth-order valence-electron chi connectivity index (χ4n) is 2.61. The van der Waals surface area contributed by atoms with Crippen molar-refractivity contribution >= 4 is 16.0 Å². The van der Waals surface area contributed by atoms with Crippen molar-refractivity contribution in [1.29, 1.82) is 0 Å². The Labute approximate surface area is 129 Å². The maximum absolute atomic E-state index is 11.4. The molecule has 2 N–H and O–H groups in total. The fraction of sp³-hybridized carbons (Fsp3) is 0.929. The SMILES string of the molecule is CCNC(=NCC(C)(C)NS(C)(=O)=O)N1CCCC(C)C1. The topological polar surface area (TPSA) is 73.8 Å². The summed E-state index contributed by atoms with van der Waals surface area (Å²) in [6, 6.07) is 0. The molecule has 6 nitrogen and oxygen atoms in total. The third-order valence-electron chi connectivity index (χ3n) is 3.38. The van der Waals surface area contributed by atoms with Crippen molar-refractivity contribution in [3.05, 3.63) is 0 Å². The molecule has 1 rings (SSSR count). The molecule has 0 spiro atoms. The van der Waals surface area contributed by atoms with Crippen LogP contribution in [0.15, 0.2) is 4.99 Å². The summed E-state index contributed by atoms with van der Waals surface area (Å²) < 4.78 is 25.4. The summed E-state index contributed by atoms with van der Waals surface area (Å²) in [4.78, 5) is 6.90. The second kappa shape index (κ2) is 7.45. The van der Waals surface area contributed by atoms with E-state index in [1.807, 2.05) is 20.8 Å². The number of hydrogen-bond donors (Lipinski definition) is 2. The van der Waals surface area contributed by atoms with E-state index in [0.717, 1.165) is 25.6 Å². The predicted molar refractivity (Wildman–Crippen MR) is 88.0 cm³/mol. The Kier molecular flexibility index (Phi) is 6.46. The number of rotatable bonds is 5. The Bertz CT molecular complexity index is 460. The average molecular weight is 318 g/mol. The van der Waals surface area contributed by atoms with Gasteiger partial charge in [0.2, 0.25) is 10.0 Å². The van der Waals surface area contributed by atoms with Crippen LogP contribution in [0.4, 0.5) is 0 Å². The normalized spacial score (nSPS) is 21.5. The molecular formula is C14H30N4O2S. The van der Waals surface area contributed by atoms with Crippen LogP contribution in [0.3, 0.4) is 0 Å². The van der Waals surface area contributed by atoms with Crippen molar-refractivity contribution < 1.29 is 8.42 Å². The molecule has 1 saturated heterocycles. The molecule has 0 amide bonds. The molecule has 0 aliphatic carbocycles. The van der Waals surface area contributed by atoms with E-state index < -0.39 is 15.6 Å². The highest BCUT2D eigenvalue weighted by atomic mass is 32.2. The number of hydrogen-bond acceptors (Lipinski definition) is 3. The van der Waals surface area contributed by atoms with Gasteiger partial charge < -0.3 is 10.2 Å². The van der Waals surface area contributed by atoms with Crippen molar-refractivity contribution in [1.82, 2.24) is 14.9 Å². The zero-order valence-electron chi connectivity index (χ0n) is 13.9. The first-order valence-corrected chi connectivity index (χ1v) is 9.54. The molecule has 7 heteroatoms. The molecule has 1 aliphatic rings. The summed E-state index contributed by atoms with van der Waals surface area (Å²) in [6.07, 6.45) is 3.61. The van der Waals surface area contributed by atoms with Gasteiger partial charge in [0.1, 0.15) is 0 Å². The smallest absolute Gasteiger partial charge is 0.209 e. The van der Waals surface area contributed by atoms with E-state index in [-0.39, 0.29) is 0 Å². The van der Waals surface area contributed by atoms with Crippen molar-refractivity contribution in [2.75, 3.05) is 32.4 Å². The monoisotopic (exact) mass is 318 g/mol. The molecule has 1 atom stereocenters. The van der Waals surface area contributed by atoms with Crippen molar-refractivity contribution in [3.8, 4) is 0 Å². The van der Waals surface area contributed by atoms with Crippen LogP contribution in [-0.4, -0.2) is 57.3 Å². The van der Waals surface area contributed by atoms with Gasteiger partial charge in [0.05, 0.1) is 12.8 Å². The zero-order valence-corrected chi connectivity index (χ0v) is 14.8. The van der Waals surface area contributed by atoms with Crippen LogP contribution >= 0.6 is 0 Å². The van der Waals surface area contributed by atoms with Crippen molar-refractivity contribution in [3.63, 3.8) is 0 Å². The Morgan fingerprint density at radius 3 is 2.62 bits per heavy atom. The number of sulfonamides is 1. The van der Waals surface area contributed by atoms with E-state index >= 15 is 0 Å². The molecule has 1 unspecified atom stereocenters. The molecule has 0 aromatic carbocycles. The minimum Gasteiger partial charge on any atom is -0.357 e. The standard InChI is InChI=1S/C14H30N4O2S/c1-6-15-13(18-9-7-8-12(2)10-18)16-11-14(3,4)17-21(5,19)20/h12,17H,6-11H2,1-5H3,(H,15,16). The first kappa shape index (κ1) is 18.2. The number of piperidine rings is 1. The highest BCUT2D eigenvalue weighted by Crippen LogP contribution is 2.15.